The van der Waals surface area contributed by atoms with Gasteiger partial charge in [-0.3, -0.25) is 14.5 Å². The zero-order valence-electron chi connectivity index (χ0n) is 23.8. The van der Waals surface area contributed by atoms with Crippen LogP contribution in [0.15, 0.2) is 72.9 Å². The molecule has 3 aromatic carbocycles. The molecule has 214 valence electrons. The summed E-state index contributed by atoms with van der Waals surface area (Å²) in [6.07, 6.45) is 7.13. The van der Waals surface area contributed by atoms with Crippen molar-refractivity contribution in [2.75, 3.05) is 26.2 Å². The molecule has 8 heteroatoms. The first kappa shape index (κ1) is 28.1. The predicted molar refractivity (Wildman–Crippen MR) is 160 cm³/mol. The Bertz CT molecular complexity index is 1470. The van der Waals surface area contributed by atoms with Crippen molar-refractivity contribution in [1.29, 1.82) is 0 Å². The van der Waals surface area contributed by atoms with Gasteiger partial charge in [-0.15, -0.1) is 0 Å². The van der Waals surface area contributed by atoms with Gasteiger partial charge in [0.05, 0.1) is 33.4 Å². The molecule has 2 amide bonds. The van der Waals surface area contributed by atoms with Gasteiger partial charge in [0.2, 0.25) is 11.8 Å². The fourth-order valence-electron chi connectivity index (χ4n) is 5.63. The van der Waals surface area contributed by atoms with Gasteiger partial charge in [-0.1, -0.05) is 49.6 Å². The summed E-state index contributed by atoms with van der Waals surface area (Å²) in [5, 5.41) is 4.23. The number of amides is 2. The maximum absolute atomic E-state index is 14.4. The van der Waals surface area contributed by atoms with Gasteiger partial charge in [0.1, 0.15) is 23.3 Å². The molecule has 41 heavy (non-hydrogen) atoms. The van der Waals surface area contributed by atoms with Crippen LogP contribution in [-0.2, 0) is 16.0 Å². The largest absolute Gasteiger partial charge is 0.497 e. The maximum Gasteiger partial charge on any atom is 0.248 e. The van der Waals surface area contributed by atoms with E-state index in [-0.39, 0.29) is 24.3 Å². The Morgan fingerprint density at radius 2 is 1.54 bits per heavy atom. The average Bonchev–Trinajstić information content (AvgIpc) is 3.42. The van der Waals surface area contributed by atoms with Crippen LogP contribution in [0.25, 0.3) is 10.9 Å². The summed E-state index contributed by atoms with van der Waals surface area (Å²) in [7, 11) is 4.72. The van der Waals surface area contributed by atoms with Crippen LogP contribution in [0.2, 0.25) is 0 Å². The predicted octanol–water partition coefficient (Wildman–Crippen LogP) is 5.96. The highest BCUT2D eigenvalue weighted by Gasteiger charge is 2.35. The van der Waals surface area contributed by atoms with Crippen LogP contribution in [0.4, 0.5) is 5.69 Å². The van der Waals surface area contributed by atoms with Crippen molar-refractivity contribution in [3.05, 3.63) is 84.1 Å². The minimum absolute atomic E-state index is 0.0717. The summed E-state index contributed by atoms with van der Waals surface area (Å²) >= 11 is 0. The first-order chi connectivity index (χ1) is 20.0. The highest BCUT2D eigenvalue weighted by atomic mass is 16.5. The number of aromatic amines is 1. The van der Waals surface area contributed by atoms with Gasteiger partial charge in [0.15, 0.2) is 0 Å². The van der Waals surface area contributed by atoms with Crippen LogP contribution in [0.5, 0.6) is 17.2 Å². The molecule has 1 aliphatic carbocycles. The molecule has 1 aliphatic rings. The Hall–Kier alpha value is -4.46. The molecule has 1 atom stereocenters. The lowest BCUT2D eigenvalue weighted by molar-refractivity contribution is -0.127. The maximum atomic E-state index is 14.4. The molecule has 0 bridgehead atoms. The molecule has 0 unspecified atom stereocenters. The second-order valence-electron chi connectivity index (χ2n) is 10.4. The first-order valence-corrected chi connectivity index (χ1v) is 14.0. The van der Waals surface area contributed by atoms with Crippen molar-refractivity contribution in [2.45, 2.75) is 50.6 Å². The van der Waals surface area contributed by atoms with Crippen LogP contribution in [0, 0.1) is 0 Å². The van der Waals surface area contributed by atoms with E-state index in [2.05, 4.69) is 10.3 Å². The summed E-state index contributed by atoms with van der Waals surface area (Å²) in [5.41, 5.74) is 2.98. The summed E-state index contributed by atoms with van der Waals surface area (Å²) < 4.78 is 16.5. The summed E-state index contributed by atoms with van der Waals surface area (Å²) in [6, 6.07) is 19.6. The highest BCUT2D eigenvalue weighted by molar-refractivity contribution is 6.03. The minimum atomic E-state index is -0.933. The molecule has 1 fully saturated rings. The van der Waals surface area contributed by atoms with E-state index < -0.39 is 6.04 Å². The number of para-hydroxylation sites is 1. The second kappa shape index (κ2) is 12.8. The smallest absolute Gasteiger partial charge is 0.248 e. The fourth-order valence-corrected chi connectivity index (χ4v) is 5.63. The normalized spacial score (nSPS) is 14.3. The van der Waals surface area contributed by atoms with Crippen LogP contribution in [0.1, 0.15) is 49.3 Å². The molecule has 1 saturated carbocycles. The fraction of sp³-hybridized carbons (Fsp3) is 0.333. The number of fused-ring (bicyclic) bond motifs is 1. The molecule has 0 spiro atoms. The van der Waals surface area contributed by atoms with Gasteiger partial charge in [-0.25, -0.2) is 0 Å². The lowest BCUT2D eigenvalue weighted by Crippen LogP contribution is -2.47. The van der Waals surface area contributed by atoms with Crippen LogP contribution in [0.3, 0.4) is 0 Å². The number of hydrogen-bond acceptors (Lipinski definition) is 5. The van der Waals surface area contributed by atoms with Crippen LogP contribution in [-0.4, -0.2) is 44.2 Å². The molecular formula is C33H37N3O5. The van der Waals surface area contributed by atoms with Crippen LogP contribution < -0.4 is 24.4 Å². The van der Waals surface area contributed by atoms with Gasteiger partial charge < -0.3 is 24.5 Å². The van der Waals surface area contributed by atoms with Crippen molar-refractivity contribution >= 4 is 28.4 Å². The number of rotatable bonds is 10. The van der Waals surface area contributed by atoms with E-state index in [0.29, 0.717) is 28.5 Å². The average molecular weight is 556 g/mol. The number of nitrogens with one attached hydrogen (secondary N) is 2. The number of anilines is 1. The SMILES string of the molecule is COc1ccc([C@@H](C(=O)NC2CCCCC2)N(C(=O)Cc2c[nH]c3ccccc23)c2cc(OC)cc(OC)c2)cc1. The number of carbonyl (C=O) groups is 2. The minimum Gasteiger partial charge on any atom is -0.497 e. The summed E-state index contributed by atoms with van der Waals surface area (Å²) in [4.78, 5) is 33.5. The zero-order chi connectivity index (χ0) is 28.8. The van der Waals surface area contributed by atoms with E-state index >= 15 is 0 Å². The molecule has 0 saturated heterocycles. The van der Waals surface area contributed by atoms with Crippen molar-refractivity contribution < 1.29 is 23.8 Å². The Balaban J connectivity index is 1.61. The lowest BCUT2D eigenvalue weighted by atomic mass is 9.94. The Morgan fingerprint density at radius 1 is 0.878 bits per heavy atom. The van der Waals surface area contributed by atoms with Crippen molar-refractivity contribution in [1.82, 2.24) is 10.3 Å². The molecular weight excluding hydrogens is 518 g/mol. The van der Waals surface area contributed by atoms with Gasteiger partial charge in [0.25, 0.3) is 0 Å². The quantitative estimate of drug-likeness (QED) is 0.252. The van der Waals surface area contributed by atoms with Crippen molar-refractivity contribution in [3.63, 3.8) is 0 Å². The van der Waals surface area contributed by atoms with E-state index in [1.807, 2.05) is 54.7 Å². The molecule has 4 aromatic rings. The molecule has 1 aromatic heterocycles. The molecule has 0 aliphatic heterocycles. The third-order valence-corrected chi connectivity index (χ3v) is 7.79. The van der Waals surface area contributed by atoms with Crippen molar-refractivity contribution in [2.24, 2.45) is 0 Å². The highest BCUT2D eigenvalue weighted by Crippen LogP contribution is 2.36. The number of H-pyrrole nitrogens is 1. The van der Waals surface area contributed by atoms with Gasteiger partial charge >= 0.3 is 0 Å². The standard InChI is InChI=1S/C33H37N3O5/c1-39-26-15-13-22(14-16-26)32(33(38)35-24-9-5-4-6-10-24)36(25-18-27(40-2)20-28(19-25)41-3)31(37)17-23-21-34-30-12-8-7-11-29(23)30/h7-8,11-16,18-21,24,32,34H,4-6,9-10,17H2,1-3H3,(H,35,38)/t32-/m0/s1. The van der Waals surface area contributed by atoms with E-state index in [0.717, 1.165) is 42.1 Å². The molecule has 0 radical (unpaired) electrons. The lowest BCUT2D eigenvalue weighted by Gasteiger charge is -2.34. The Morgan fingerprint density at radius 3 is 2.20 bits per heavy atom. The van der Waals surface area contributed by atoms with E-state index in [1.165, 1.54) is 6.42 Å². The van der Waals surface area contributed by atoms with Crippen LogP contribution >= 0.6 is 0 Å². The second-order valence-corrected chi connectivity index (χ2v) is 10.4. The monoisotopic (exact) mass is 555 g/mol. The molecule has 8 nitrogen and oxygen atoms in total. The van der Waals surface area contributed by atoms with Gasteiger partial charge in [0, 0.05) is 41.3 Å². The van der Waals surface area contributed by atoms with E-state index in [4.69, 9.17) is 14.2 Å². The number of ether oxygens (including phenoxy) is 3. The third kappa shape index (κ3) is 6.32. The summed E-state index contributed by atoms with van der Waals surface area (Å²) in [6.45, 7) is 0. The number of benzene rings is 3. The van der Waals surface area contributed by atoms with Gasteiger partial charge in [-0.2, -0.15) is 0 Å². The van der Waals surface area contributed by atoms with Gasteiger partial charge in [-0.05, 0) is 42.2 Å². The number of methoxy groups -OCH3 is 3. The van der Waals surface area contributed by atoms with E-state index in [9.17, 15) is 9.59 Å². The molecule has 1 heterocycles. The number of nitrogens with zero attached hydrogens (tertiary/aromatic N) is 1. The zero-order valence-corrected chi connectivity index (χ0v) is 23.8. The Kier molecular flexibility index (Phi) is 8.77. The van der Waals surface area contributed by atoms with Crippen molar-refractivity contribution in [3.8, 4) is 17.2 Å². The number of carbonyl (C=O) groups excluding carboxylic acids is 2. The third-order valence-electron chi connectivity index (χ3n) is 7.79. The number of aromatic nitrogens is 1. The first-order valence-electron chi connectivity index (χ1n) is 14.0. The molecule has 2 N–H and O–H groups in total. The van der Waals surface area contributed by atoms with E-state index in [1.54, 1.807) is 44.4 Å². The molecule has 5 rings (SSSR count). The Labute approximate surface area is 240 Å². The topological polar surface area (TPSA) is 92.9 Å². The number of hydrogen-bond donors (Lipinski definition) is 2. The summed E-state index contributed by atoms with van der Waals surface area (Å²) in [5.74, 6) is 1.25.